The topological polar surface area (TPSA) is 161 Å². The molecule has 0 saturated heterocycles. The zero-order chi connectivity index (χ0) is 26.5. The van der Waals surface area contributed by atoms with Crippen molar-refractivity contribution in [1.29, 1.82) is 0 Å². The number of hydrogen-bond acceptors (Lipinski definition) is 8. The molecule has 0 spiro atoms. The van der Waals surface area contributed by atoms with E-state index >= 15 is 0 Å². The second kappa shape index (κ2) is 8.16. The Kier molecular flexibility index (Phi) is 7.10. The Balaban J connectivity index is 3.45. The molecule has 0 amide bonds. The lowest BCUT2D eigenvalue weighted by atomic mass is 10.2. The van der Waals surface area contributed by atoms with Gasteiger partial charge < -0.3 is 9.29 Å². The summed E-state index contributed by atoms with van der Waals surface area (Å²) in [6.45, 7) is 0. The maximum atomic E-state index is 13.9. The number of sulfonamides is 2. The minimum absolute atomic E-state index is 0.279. The van der Waals surface area contributed by atoms with Gasteiger partial charge in [-0.15, -0.1) is 0 Å². The summed E-state index contributed by atoms with van der Waals surface area (Å²) in [6.07, 6.45) is 0. The number of aromatic carboxylic acids is 1. The summed E-state index contributed by atoms with van der Waals surface area (Å²) >= 11 is 0. The van der Waals surface area contributed by atoms with Gasteiger partial charge in [-0.2, -0.15) is 47.9 Å². The molecule has 0 aliphatic rings. The first-order valence-electron chi connectivity index (χ1n) is 7.09. The lowest BCUT2D eigenvalue weighted by molar-refractivity contribution is -0.245. The predicted molar refractivity (Wildman–Crippen MR) is 84.8 cm³/mol. The predicted octanol–water partition coefficient (Wildman–Crippen LogP) is 1.68. The van der Waals surface area contributed by atoms with E-state index in [4.69, 9.17) is 5.11 Å². The number of hydrogen-bond donors (Lipinski definition) is 2. The van der Waals surface area contributed by atoms with Crippen molar-refractivity contribution in [3.8, 4) is 5.75 Å². The van der Waals surface area contributed by atoms with Crippen LogP contribution in [-0.4, -0.2) is 58.3 Å². The number of benzene rings is 1. The summed E-state index contributed by atoms with van der Waals surface area (Å²) in [5.41, 5.74) is -7.31. The number of rotatable bonds is 9. The molecule has 33 heavy (non-hydrogen) atoms. The van der Waals surface area contributed by atoms with Gasteiger partial charge in [-0.1, -0.05) is 4.13 Å². The Labute approximate surface area is 177 Å². The molecule has 190 valence electrons. The van der Waals surface area contributed by atoms with Crippen LogP contribution in [0, 0.1) is 0 Å². The van der Waals surface area contributed by atoms with Crippen LogP contribution < -0.4 is 8.31 Å². The second-order valence-electron chi connectivity index (χ2n) is 5.51. The van der Waals surface area contributed by atoms with Gasteiger partial charge >= 0.3 is 48.1 Å². The van der Waals surface area contributed by atoms with E-state index in [1.165, 1.54) is 0 Å². The van der Waals surface area contributed by atoms with Gasteiger partial charge in [0.15, 0.2) is 0 Å². The molecule has 0 unspecified atom stereocenters. The molecule has 0 heterocycles. The van der Waals surface area contributed by atoms with Crippen LogP contribution in [0.2, 0.25) is 0 Å². The molecule has 0 aliphatic heterocycles. The van der Waals surface area contributed by atoms with Crippen molar-refractivity contribution >= 4 is 36.1 Å². The molecule has 0 aromatic heterocycles. The van der Waals surface area contributed by atoms with Gasteiger partial charge in [0.1, 0.15) is 5.75 Å². The van der Waals surface area contributed by atoms with Crippen LogP contribution in [0.5, 0.6) is 5.75 Å². The second-order valence-corrected chi connectivity index (χ2v) is 10.8. The summed E-state index contributed by atoms with van der Waals surface area (Å²) < 4.78 is 188. The van der Waals surface area contributed by atoms with Crippen LogP contribution in [-0.2, 0) is 30.2 Å². The standard InChI is InChI=1S/C11H6F9NO9S3/c12-8(13,9(14,15)31(24,25)21-32(26,27)11(18,19)20)10(16,17)33(28,29)30-6-3-1-5(2-4-6)7(22)23/h1-4,21H,(H,22,23). The maximum Gasteiger partial charge on any atom is 0.512 e. The van der Waals surface area contributed by atoms with Crippen molar-refractivity contribution in [1.82, 2.24) is 4.13 Å². The fraction of sp³-hybridized carbons (Fsp3) is 0.364. The van der Waals surface area contributed by atoms with E-state index in [-0.39, 0.29) is 12.1 Å². The fourth-order valence-electron chi connectivity index (χ4n) is 1.57. The molecule has 1 aromatic rings. The molecule has 0 bridgehead atoms. The summed E-state index contributed by atoms with van der Waals surface area (Å²) in [7, 11) is -22.6. The number of carbonyl (C=O) groups is 1. The highest BCUT2D eigenvalue weighted by Gasteiger charge is 2.83. The summed E-state index contributed by atoms with van der Waals surface area (Å²) in [5, 5.41) is -6.11. The molecular weight excluding hydrogens is 557 g/mol. The van der Waals surface area contributed by atoms with Crippen LogP contribution in [0.25, 0.3) is 0 Å². The zero-order valence-corrected chi connectivity index (χ0v) is 17.1. The molecule has 1 rings (SSSR count). The maximum absolute atomic E-state index is 13.9. The quantitative estimate of drug-likeness (QED) is 0.337. The fourth-order valence-corrected chi connectivity index (χ4v) is 4.96. The highest BCUT2D eigenvalue weighted by Crippen LogP contribution is 2.51. The van der Waals surface area contributed by atoms with Gasteiger partial charge in [0.25, 0.3) is 10.0 Å². The molecule has 0 fully saturated rings. The molecule has 0 saturated carbocycles. The minimum atomic E-state index is -7.90. The first-order valence-corrected chi connectivity index (χ1v) is 11.5. The number of carboxylic acid groups (broad SMARTS) is 1. The van der Waals surface area contributed by atoms with Gasteiger partial charge in [-0.25, -0.2) is 21.6 Å². The Morgan fingerprint density at radius 3 is 1.55 bits per heavy atom. The Morgan fingerprint density at radius 2 is 1.18 bits per heavy atom. The van der Waals surface area contributed by atoms with Crippen molar-refractivity contribution in [2.75, 3.05) is 0 Å². The molecule has 0 radical (unpaired) electrons. The average molecular weight is 563 g/mol. The zero-order valence-electron chi connectivity index (χ0n) is 14.6. The first kappa shape index (κ1) is 28.7. The smallest absolute Gasteiger partial charge is 0.478 e. The van der Waals surface area contributed by atoms with E-state index in [1.54, 1.807) is 0 Å². The Bertz CT molecular complexity index is 1240. The Hall–Kier alpha value is -2.33. The van der Waals surface area contributed by atoms with Crippen LogP contribution in [0.3, 0.4) is 0 Å². The highest BCUT2D eigenvalue weighted by molar-refractivity contribution is 8.05. The van der Waals surface area contributed by atoms with E-state index in [0.717, 1.165) is 0 Å². The van der Waals surface area contributed by atoms with Crippen LogP contribution >= 0.6 is 0 Å². The molecule has 1 aromatic carbocycles. The van der Waals surface area contributed by atoms with Crippen LogP contribution in [0.1, 0.15) is 10.4 Å². The van der Waals surface area contributed by atoms with Gasteiger partial charge in [-0.3, -0.25) is 0 Å². The Morgan fingerprint density at radius 1 is 0.758 bits per heavy atom. The average Bonchev–Trinajstić information content (AvgIpc) is 2.59. The summed E-state index contributed by atoms with van der Waals surface area (Å²) in [6, 6.07) is 1.52. The van der Waals surface area contributed by atoms with Crippen molar-refractivity contribution in [2.24, 2.45) is 0 Å². The minimum Gasteiger partial charge on any atom is -0.478 e. The van der Waals surface area contributed by atoms with E-state index in [2.05, 4.69) is 4.18 Å². The normalized spacial score (nSPS) is 14.7. The number of halogens is 9. The monoisotopic (exact) mass is 563 g/mol. The highest BCUT2D eigenvalue weighted by atomic mass is 32.3. The molecule has 0 aliphatic carbocycles. The number of alkyl halides is 9. The number of carboxylic acids is 1. The van der Waals surface area contributed by atoms with E-state index in [1.807, 2.05) is 0 Å². The molecule has 10 nitrogen and oxygen atoms in total. The SMILES string of the molecule is O=C(O)c1ccc(OS(=O)(=O)C(F)(F)C(F)(F)C(F)(F)S(=O)(=O)NS(=O)(=O)C(F)(F)F)cc1. The van der Waals surface area contributed by atoms with Gasteiger partial charge in [0.05, 0.1) is 5.56 Å². The van der Waals surface area contributed by atoms with Crippen LogP contribution in [0.4, 0.5) is 39.5 Å². The summed E-state index contributed by atoms with van der Waals surface area (Å²) in [5.74, 6) is -10.6. The molecule has 22 heteroatoms. The summed E-state index contributed by atoms with van der Waals surface area (Å²) in [4.78, 5) is 10.6. The third kappa shape index (κ3) is 4.96. The van der Waals surface area contributed by atoms with Crippen molar-refractivity contribution in [3.05, 3.63) is 29.8 Å². The van der Waals surface area contributed by atoms with Crippen molar-refractivity contribution in [3.63, 3.8) is 0 Å². The third-order valence-corrected chi connectivity index (χ3v) is 7.81. The van der Waals surface area contributed by atoms with E-state index in [0.29, 0.717) is 12.1 Å². The van der Waals surface area contributed by atoms with Crippen molar-refractivity contribution in [2.45, 2.75) is 21.9 Å². The van der Waals surface area contributed by atoms with Gasteiger partial charge in [0, 0.05) is 0 Å². The molecular formula is C11H6F9NO9S3. The third-order valence-electron chi connectivity index (χ3n) is 3.21. The first-order chi connectivity index (χ1) is 14.3. The number of nitrogens with one attached hydrogen (secondary N) is 1. The van der Waals surface area contributed by atoms with E-state index in [9.17, 15) is 69.6 Å². The van der Waals surface area contributed by atoms with Gasteiger partial charge in [-0.05, 0) is 24.3 Å². The van der Waals surface area contributed by atoms with Gasteiger partial charge in [0.2, 0.25) is 0 Å². The largest absolute Gasteiger partial charge is 0.512 e. The van der Waals surface area contributed by atoms with E-state index < -0.39 is 73.5 Å². The van der Waals surface area contributed by atoms with Crippen LogP contribution in [0.15, 0.2) is 24.3 Å². The lowest BCUT2D eigenvalue weighted by Crippen LogP contribution is -2.64. The lowest BCUT2D eigenvalue weighted by Gasteiger charge is -2.31. The molecule has 0 atom stereocenters. The van der Waals surface area contributed by atoms with Crippen molar-refractivity contribution < 1.29 is 78.9 Å². The molecule has 2 N–H and O–H groups in total.